The standard InChI is InChI=1S/C15H23N3S/c1-16-15(18-12-13-8-9-13)17-10-5-11-19-14-6-3-2-4-7-14/h2-4,6-7,13H,5,8-12H2,1H3,(H2,16,17,18). The van der Waals surface area contributed by atoms with E-state index in [0.717, 1.165) is 37.1 Å². The summed E-state index contributed by atoms with van der Waals surface area (Å²) in [7, 11) is 1.83. The summed E-state index contributed by atoms with van der Waals surface area (Å²) in [5, 5.41) is 6.74. The largest absolute Gasteiger partial charge is 0.356 e. The Morgan fingerprint density at radius 1 is 1.26 bits per heavy atom. The van der Waals surface area contributed by atoms with Crippen LogP contribution >= 0.6 is 11.8 Å². The predicted molar refractivity (Wildman–Crippen MR) is 83.9 cm³/mol. The molecular weight excluding hydrogens is 254 g/mol. The van der Waals surface area contributed by atoms with Crippen LogP contribution in [0.15, 0.2) is 40.2 Å². The number of aliphatic imine (C=N–C) groups is 1. The number of guanidine groups is 1. The maximum Gasteiger partial charge on any atom is 0.190 e. The summed E-state index contributed by atoms with van der Waals surface area (Å²) in [4.78, 5) is 5.58. The normalized spacial score (nSPS) is 15.3. The van der Waals surface area contributed by atoms with Crippen molar-refractivity contribution in [1.82, 2.24) is 10.6 Å². The maximum absolute atomic E-state index is 4.23. The Labute approximate surface area is 120 Å². The zero-order valence-electron chi connectivity index (χ0n) is 11.6. The van der Waals surface area contributed by atoms with Crippen LogP contribution in [0.2, 0.25) is 0 Å². The van der Waals surface area contributed by atoms with Gasteiger partial charge in [0, 0.05) is 25.0 Å². The van der Waals surface area contributed by atoms with Crippen molar-refractivity contribution in [2.75, 3.05) is 25.9 Å². The highest BCUT2D eigenvalue weighted by atomic mass is 32.2. The molecule has 1 aromatic rings. The molecule has 0 unspecified atom stereocenters. The molecule has 1 aliphatic rings. The van der Waals surface area contributed by atoms with E-state index in [0.29, 0.717) is 0 Å². The van der Waals surface area contributed by atoms with Crippen LogP contribution in [0.25, 0.3) is 0 Å². The molecule has 2 N–H and O–H groups in total. The number of nitrogens with one attached hydrogen (secondary N) is 2. The molecular formula is C15H23N3S. The monoisotopic (exact) mass is 277 g/mol. The zero-order valence-corrected chi connectivity index (χ0v) is 12.4. The van der Waals surface area contributed by atoms with E-state index < -0.39 is 0 Å². The molecule has 19 heavy (non-hydrogen) atoms. The number of rotatable bonds is 7. The lowest BCUT2D eigenvalue weighted by Gasteiger charge is -2.11. The second-order valence-electron chi connectivity index (χ2n) is 4.84. The highest BCUT2D eigenvalue weighted by molar-refractivity contribution is 7.99. The minimum Gasteiger partial charge on any atom is -0.356 e. The Morgan fingerprint density at radius 3 is 2.74 bits per heavy atom. The summed E-state index contributed by atoms with van der Waals surface area (Å²) >= 11 is 1.91. The third-order valence-electron chi connectivity index (χ3n) is 3.10. The lowest BCUT2D eigenvalue weighted by molar-refractivity contribution is 0.731. The molecule has 0 aliphatic heterocycles. The molecule has 0 spiro atoms. The Balaban J connectivity index is 1.52. The van der Waals surface area contributed by atoms with E-state index in [4.69, 9.17) is 0 Å². The molecule has 0 aromatic heterocycles. The molecule has 104 valence electrons. The van der Waals surface area contributed by atoms with Crippen molar-refractivity contribution in [3.8, 4) is 0 Å². The molecule has 0 atom stereocenters. The zero-order chi connectivity index (χ0) is 13.3. The summed E-state index contributed by atoms with van der Waals surface area (Å²) < 4.78 is 0. The van der Waals surface area contributed by atoms with E-state index in [-0.39, 0.29) is 0 Å². The first kappa shape index (κ1) is 14.3. The Kier molecular flexibility index (Phi) is 6.08. The van der Waals surface area contributed by atoms with Gasteiger partial charge in [-0.25, -0.2) is 0 Å². The molecule has 1 saturated carbocycles. The van der Waals surface area contributed by atoms with Crippen LogP contribution in [0, 0.1) is 5.92 Å². The number of hydrogen-bond donors (Lipinski definition) is 2. The van der Waals surface area contributed by atoms with Crippen LogP contribution in [0.1, 0.15) is 19.3 Å². The molecule has 4 heteroatoms. The van der Waals surface area contributed by atoms with Gasteiger partial charge in [0.05, 0.1) is 0 Å². The molecule has 0 amide bonds. The van der Waals surface area contributed by atoms with Crippen molar-refractivity contribution in [2.24, 2.45) is 10.9 Å². The van der Waals surface area contributed by atoms with Gasteiger partial charge in [-0.2, -0.15) is 0 Å². The topological polar surface area (TPSA) is 36.4 Å². The molecule has 3 nitrogen and oxygen atoms in total. The average molecular weight is 277 g/mol. The summed E-state index contributed by atoms with van der Waals surface area (Å²) in [6.07, 6.45) is 3.89. The van der Waals surface area contributed by atoms with E-state index in [2.05, 4.69) is 46.0 Å². The van der Waals surface area contributed by atoms with Crippen molar-refractivity contribution in [2.45, 2.75) is 24.2 Å². The van der Waals surface area contributed by atoms with Crippen molar-refractivity contribution in [1.29, 1.82) is 0 Å². The fourth-order valence-electron chi connectivity index (χ4n) is 1.77. The van der Waals surface area contributed by atoms with Crippen molar-refractivity contribution < 1.29 is 0 Å². The lowest BCUT2D eigenvalue weighted by Crippen LogP contribution is -2.38. The minimum atomic E-state index is 0.882. The van der Waals surface area contributed by atoms with Crippen LogP contribution in [0.3, 0.4) is 0 Å². The molecule has 1 aromatic carbocycles. The maximum atomic E-state index is 4.23. The first-order valence-corrected chi connectivity index (χ1v) is 7.99. The van der Waals surface area contributed by atoms with Gasteiger partial charge in [0.2, 0.25) is 0 Å². The summed E-state index contributed by atoms with van der Waals surface area (Å²) in [6, 6.07) is 10.6. The van der Waals surface area contributed by atoms with Gasteiger partial charge in [-0.05, 0) is 43.1 Å². The van der Waals surface area contributed by atoms with Crippen LogP contribution in [0.4, 0.5) is 0 Å². The van der Waals surface area contributed by atoms with Gasteiger partial charge < -0.3 is 10.6 Å². The minimum absolute atomic E-state index is 0.882. The van der Waals surface area contributed by atoms with Gasteiger partial charge in [-0.15, -0.1) is 11.8 Å². The van der Waals surface area contributed by atoms with Crippen LogP contribution in [-0.2, 0) is 0 Å². The molecule has 2 rings (SSSR count). The third kappa shape index (κ3) is 6.01. The van der Waals surface area contributed by atoms with E-state index >= 15 is 0 Å². The van der Waals surface area contributed by atoms with Crippen molar-refractivity contribution >= 4 is 17.7 Å². The van der Waals surface area contributed by atoms with E-state index in [1.54, 1.807) is 0 Å². The lowest BCUT2D eigenvalue weighted by atomic mass is 10.4. The third-order valence-corrected chi connectivity index (χ3v) is 4.20. The van der Waals surface area contributed by atoms with Crippen LogP contribution < -0.4 is 10.6 Å². The predicted octanol–water partition coefficient (Wildman–Crippen LogP) is 2.74. The number of nitrogens with zero attached hydrogens (tertiary/aromatic N) is 1. The van der Waals surface area contributed by atoms with E-state index in [1.807, 2.05) is 18.8 Å². The summed E-state index contributed by atoms with van der Waals surface area (Å²) in [6.45, 7) is 2.04. The van der Waals surface area contributed by atoms with Crippen LogP contribution in [0.5, 0.6) is 0 Å². The molecule has 0 saturated heterocycles. The number of benzene rings is 1. The van der Waals surface area contributed by atoms with Gasteiger partial charge in [0.15, 0.2) is 5.96 Å². The smallest absolute Gasteiger partial charge is 0.190 e. The SMILES string of the molecule is CN=C(NCCCSc1ccccc1)NCC1CC1. The Hall–Kier alpha value is -1.16. The van der Waals surface area contributed by atoms with E-state index in [1.165, 1.54) is 17.7 Å². The molecule has 1 aliphatic carbocycles. The highest BCUT2D eigenvalue weighted by Crippen LogP contribution is 2.27. The second kappa shape index (κ2) is 8.10. The second-order valence-corrected chi connectivity index (χ2v) is 6.01. The Morgan fingerprint density at radius 2 is 2.05 bits per heavy atom. The van der Waals surface area contributed by atoms with Gasteiger partial charge in [0.25, 0.3) is 0 Å². The number of hydrogen-bond acceptors (Lipinski definition) is 2. The highest BCUT2D eigenvalue weighted by Gasteiger charge is 2.20. The quantitative estimate of drug-likeness (QED) is 0.348. The molecule has 0 heterocycles. The van der Waals surface area contributed by atoms with Crippen molar-refractivity contribution in [3.63, 3.8) is 0 Å². The van der Waals surface area contributed by atoms with Crippen molar-refractivity contribution in [3.05, 3.63) is 30.3 Å². The summed E-state index contributed by atoms with van der Waals surface area (Å²) in [5.74, 6) is 2.96. The molecule has 1 fully saturated rings. The molecule has 0 bridgehead atoms. The summed E-state index contributed by atoms with van der Waals surface area (Å²) in [5.41, 5.74) is 0. The fraction of sp³-hybridized carbons (Fsp3) is 0.533. The van der Waals surface area contributed by atoms with Crippen LogP contribution in [-0.4, -0.2) is 31.8 Å². The Bertz CT molecular complexity index is 388. The van der Waals surface area contributed by atoms with Gasteiger partial charge in [-0.1, -0.05) is 18.2 Å². The first-order chi connectivity index (χ1) is 9.38. The first-order valence-electron chi connectivity index (χ1n) is 7.01. The van der Waals surface area contributed by atoms with Gasteiger partial charge in [-0.3, -0.25) is 4.99 Å². The van der Waals surface area contributed by atoms with Gasteiger partial charge in [0.1, 0.15) is 0 Å². The van der Waals surface area contributed by atoms with E-state index in [9.17, 15) is 0 Å². The number of thioether (sulfide) groups is 1. The van der Waals surface area contributed by atoms with Gasteiger partial charge >= 0.3 is 0 Å². The average Bonchev–Trinajstić information content (AvgIpc) is 3.27. The molecule has 0 radical (unpaired) electrons. The fourth-order valence-corrected chi connectivity index (χ4v) is 2.64.